The number of methoxy groups -OCH3 is 1. The van der Waals surface area contributed by atoms with Gasteiger partial charge in [0.05, 0.1) is 12.7 Å². The zero-order valence-electron chi connectivity index (χ0n) is 14.1. The molecule has 0 heterocycles. The summed E-state index contributed by atoms with van der Waals surface area (Å²) in [7, 11) is 1.32. The highest BCUT2D eigenvalue weighted by Crippen LogP contribution is 2.26. The highest BCUT2D eigenvalue weighted by molar-refractivity contribution is 5.89. The highest BCUT2D eigenvalue weighted by atomic mass is 19.1. The average molecular weight is 352 g/mol. The van der Waals surface area contributed by atoms with Gasteiger partial charge in [0, 0.05) is 5.56 Å². The fourth-order valence-electron chi connectivity index (χ4n) is 2.34. The first kappa shape index (κ1) is 17.5. The maximum atomic E-state index is 13.1. The second-order valence-electron chi connectivity index (χ2n) is 5.45. The zero-order valence-corrected chi connectivity index (χ0v) is 14.1. The van der Waals surface area contributed by atoms with Gasteiger partial charge in [-0.1, -0.05) is 36.4 Å². The second kappa shape index (κ2) is 8.16. The van der Waals surface area contributed by atoms with Crippen molar-refractivity contribution in [2.24, 2.45) is 0 Å². The van der Waals surface area contributed by atoms with Gasteiger partial charge >= 0.3 is 5.97 Å². The van der Waals surface area contributed by atoms with Crippen LogP contribution in [0.25, 0.3) is 0 Å². The molecule has 5 heteroatoms. The van der Waals surface area contributed by atoms with Crippen molar-refractivity contribution in [1.29, 1.82) is 0 Å². The Morgan fingerprint density at radius 1 is 0.846 bits per heavy atom. The summed E-state index contributed by atoms with van der Waals surface area (Å²) in [5.41, 5.74) is 1.15. The molecule has 0 spiro atoms. The minimum atomic E-state index is -0.769. The van der Waals surface area contributed by atoms with Gasteiger partial charge < -0.3 is 14.2 Å². The van der Waals surface area contributed by atoms with Gasteiger partial charge in [0.25, 0.3) is 6.29 Å². The van der Waals surface area contributed by atoms with E-state index in [2.05, 4.69) is 0 Å². The third-order valence-corrected chi connectivity index (χ3v) is 3.63. The quantitative estimate of drug-likeness (QED) is 0.474. The predicted molar refractivity (Wildman–Crippen MR) is 94.6 cm³/mol. The molecule has 0 aliphatic carbocycles. The third-order valence-electron chi connectivity index (χ3n) is 3.63. The van der Waals surface area contributed by atoms with Crippen LogP contribution >= 0.6 is 0 Å². The second-order valence-corrected chi connectivity index (χ2v) is 5.45. The SMILES string of the molecule is COC(=O)c1cccc(OC(Oc2ccc(F)cc2)c2ccccc2)c1. The standard InChI is InChI=1S/C21H17FO4/c1-24-20(23)16-8-5-9-19(14-16)26-21(15-6-3-2-4-7-15)25-18-12-10-17(22)11-13-18/h2-14,21H,1H3. The Morgan fingerprint density at radius 2 is 1.54 bits per heavy atom. The summed E-state index contributed by atoms with van der Waals surface area (Å²) in [5, 5.41) is 0. The van der Waals surface area contributed by atoms with Crippen molar-refractivity contribution in [3.05, 3.63) is 95.8 Å². The van der Waals surface area contributed by atoms with Crippen molar-refractivity contribution in [2.45, 2.75) is 6.29 Å². The Balaban J connectivity index is 1.86. The lowest BCUT2D eigenvalue weighted by atomic mass is 10.2. The van der Waals surface area contributed by atoms with Crippen LogP contribution in [0.15, 0.2) is 78.9 Å². The van der Waals surface area contributed by atoms with Crippen LogP contribution in [0.2, 0.25) is 0 Å². The lowest BCUT2D eigenvalue weighted by Gasteiger charge is -2.21. The minimum absolute atomic E-state index is 0.347. The molecule has 0 amide bonds. The fraction of sp³-hybridized carbons (Fsp3) is 0.0952. The van der Waals surface area contributed by atoms with E-state index < -0.39 is 12.3 Å². The van der Waals surface area contributed by atoms with Crippen LogP contribution < -0.4 is 9.47 Å². The Hall–Kier alpha value is -3.34. The van der Waals surface area contributed by atoms with Gasteiger partial charge in [-0.3, -0.25) is 0 Å². The Kier molecular flexibility index (Phi) is 5.49. The topological polar surface area (TPSA) is 44.8 Å². The molecular weight excluding hydrogens is 335 g/mol. The minimum Gasteiger partial charge on any atom is -0.465 e. The number of benzene rings is 3. The summed E-state index contributed by atoms with van der Waals surface area (Å²) in [6.45, 7) is 0. The molecule has 3 aromatic rings. The third kappa shape index (κ3) is 4.39. The molecule has 1 atom stereocenters. The molecule has 132 valence electrons. The Morgan fingerprint density at radius 3 is 2.23 bits per heavy atom. The van der Waals surface area contributed by atoms with E-state index in [-0.39, 0.29) is 5.82 Å². The molecule has 3 rings (SSSR count). The monoisotopic (exact) mass is 352 g/mol. The molecule has 0 aromatic heterocycles. The predicted octanol–water partition coefficient (Wildman–Crippen LogP) is 4.77. The van der Waals surface area contributed by atoms with Crippen LogP contribution in [0, 0.1) is 5.82 Å². The summed E-state index contributed by atoms with van der Waals surface area (Å²) in [6, 6.07) is 21.6. The zero-order chi connectivity index (χ0) is 18.4. The fourth-order valence-corrected chi connectivity index (χ4v) is 2.34. The summed E-state index contributed by atoms with van der Waals surface area (Å²) >= 11 is 0. The van der Waals surface area contributed by atoms with E-state index in [0.29, 0.717) is 17.1 Å². The summed E-state index contributed by atoms with van der Waals surface area (Å²) in [6.07, 6.45) is -0.769. The summed E-state index contributed by atoms with van der Waals surface area (Å²) < 4.78 is 29.7. The van der Waals surface area contributed by atoms with Gasteiger partial charge in [-0.15, -0.1) is 0 Å². The molecule has 0 fully saturated rings. The number of carbonyl (C=O) groups is 1. The van der Waals surface area contributed by atoms with E-state index in [0.717, 1.165) is 5.56 Å². The molecule has 0 radical (unpaired) electrons. The first-order valence-electron chi connectivity index (χ1n) is 7.98. The van der Waals surface area contributed by atoms with Crippen LogP contribution in [0.1, 0.15) is 22.2 Å². The summed E-state index contributed by atoms with van der Waals surface area (Å²) in [5.74, 6) is 0.111. The molecule has 0 aliphatic rings. The molecule has 0 bridgehead atoms. The van der Waals surface area contributed by atoms with Gasteiger partial charge in [0.2, 0.25) is 0 Å². The van der Waals surface area contributed by atoms with Crippen LogP contribution in [0.4, 0.5) is 4.39 Å². The van der Waals surface area contributed by atoms with Crippen molar-refractivity contribution in [3.8, 4) is 11.5 Å². The lowest BCUT2D eigenvalue weighted by molar-refractivity contribution is 0.00361. The maximum Gasteiger partial charge on any atom is 0.337 e. The van der Waals surface area contributed by atoms with E-state index in [1.165, 1.54) is 31.4 Å². The number of ether oxygens (including phenoxy) is 3. The van der Waals surface area contributed by atoms with Gasteiger partial charge in [0.15, 0.2) is 0 Å². The molecule has 1 unspecified atom stereocenters. The van der Waals surface area contributed by atoms with Crippen molar-refractivity contribution in [2.75, 3.05) is 7.11 Å². The van der Waals surface area contributed by atoms with Crippen LogP contribution in [-0.4, -0.2) is 13.1 Å². The van der Waals surface area contributed by atoms with E-state index in [9.17, 15) is 9.18 Å². The number of esters is 1. The first-order valence-corrected chi connectivity index (χ1v) is 7.98. The highest BCUT2D eigenvalue weighted by Gasteiger charge is 2.16. The molecule has 3 aromatic carbocycles. The van der Waals surface area contributed by atoms with Crippen molar-refractivity contribution >= 4 is 5.97 Å². The van der Waals surface area contributed by atoms with Crippen LogP contribution in [0.5, 0.6) is 11.5 Å². The van der Waals surface area contributed by atoms with Crippen LogP contribution in [-0.2, 0) is 4.74 Å². The average Bonchev–Trinajstić information content (AvgIpc) is 2.69. The van der Waals surface area contributed by atoms with E-state index in [4.69, 9.17) is 14.2 Å². The maximum absolute atomic E-state index is 13.1. The Labute approximate surface area is 150 Å². The molecule has 0 aliphatic heterocycles. The number of carbonyl (C=O) groups excluding carboxylic acids is 1. The number of rotatable bonds is 6. The van der Waals surface area contributed by atoms with E-state index in [1.54, 1.807) is 24.3 Å². The van der Waals surface area contributed by atoms with Gasteiger partial charge in [-0.2, -0.15) is 0 Å². The molecule has 0 saturated heterocycles. The van der Waals surface area contributed by atoms with E-state index >= 15 is 0 Å². The lowest BCUT2D eigenvalue weighted by Crippen LogP contribution is -2.15. The number of halogens is 1. The van der Waals surface area contributed by atoms with Gasteiger partial charge in [-0.05, 0) is 42.5 Å². The van der Waals surface area contributed by atoms with Crippen molar-refractivity contribution in [3.63, 3.8) is 0 Å². The smallest absolute Gasteiger partial charge is 0.337 e. The van der Waals surface area contributed by atoms with Gasteiger partial charge in [0.1, 0.15) is 17.3 Å². The first-order chi connectivity index (χ1) is 12.7. The van der Waals surface area contributed by atoms with E-state index in [1.807, 2.05) is 30.3 Å². The van der Waals surface area contributed by atoms with Crippen molar-refractivity contribution in [1.82, 2.24) is 0 Å². The van der Waals surface area contributed by atoms with Crippen molar-refractivity contribution < 1.29 is 23.4 Å². The number of hydrogen-bond donors (Lipinski definition) is 0. The molecule has 0 N–H and O–H groups in total. The van der Waals surface area contributed by atoms with Gasteiger partial charge in [-0.25, -0.2) is 9.18 Å². The number of hydrogen-bond acceptors (Lipinski definition) is 4. The molecule has 26 heavy (non-hydrogen) atoms. The van der Waals surface area contributed by atoms with Crippen LogP contribution in [0.3, 0.4) is 0 Å². The Bertz CT molecular complexity index is 863. The summed E-state index contributed by atoms with van der Waals surface area (Å²) in [4.78, 5) is 11.7. The molecule has 4 nitrogen and oxygen atoms in total. The molecule has 0 saturated carbocycles. The molecular formula is C21H17FO4. The largest absolute Gasteiger partial charge is 0.465 e. The normalized spacial score (nSPS) is 11.5.